The summed E-state index contributed by atoms with van der Waals surface area (Å²) in [6.45, 7) is 7.45. The van der Waals surface area contributed by atoms with E-state index in [9.17, 15) is 18.8 Å². The lowest BCUT2D eigenvalue weighted by atomic mass is 10.0. The topological polar surface area (TPSA) is 69.7 Å². The van der Waals surface area contributed by atoms with Gasteiger partial charge in [0.15, 0.2) is 0 Å². The van der Waals surface area contributed by atoms with Crippen LogP contribution in [0.5, 0.6) is 0 Å². The van der Waals surface area contributed by atoms with Gasteiger partial charge in [-0.15, -0.1) is 0 Å². The Bertz CT molecular complexity index is 749. The first-order valence-electron chi connectivity index (χ1n) is 9.81. The van der Waals surface area contributed by atoms with Crippen molar-refractivity contribution in [2.24, 2.45) is 5.92 Å². The van der Waals surface area contributed by atoms with E-state index in [0.29, 0.717) is 38.0 Å². The first-order valence-corrected chi connectivity index (χ1v) is 9.81. The van der Waals surface area contributed by atoms with E-state index in [4.69, 9.17) is 0 Å². The Kier molecular flexibility index (Phi) is 5.72. The number of nitrogens with zero attached hydrogens (tertiary/aromatic N) is 2. The van der Waals surface area contributed by atoms with Crippen molar-refractivity contribution in [2.45, 2.75) is 51.6 Å². The fourth-order valence-electron chi connectivity index (χ4n) is 3.85. The molecule has 2 fully saturated rings. The molecule has 152 valence electrons. The maximum absolute atomic E-state index is 13.0. The number of hydrogen-bond donors (Lipinski definition) is 1. The summed E-state index contributed by atoms with van der Waals surface area (Å²) in [5, 5.41) is 3.05. The lowest BCUT2D eigenvalue weighted by Crippen LogP contribution is -2.48. The van der Waals surface area contributed by atoms with Crippen molar-refractivity contribution in [3.8, 4) is 0 Å². The lowest BCUT2D eigenvalue weighted by molar-refractivity contribution is -0.132. The van der Waals surface area contributed by atoms with Crippen molar-refractivity contribution in [1.82, 2.24) is 15.1 Å². The van der Waals surface area contributed by atoms with E-state index < -0.39 is 0 Å². The second-order valence-electron chi connectivity index (χ2n) is 8.66. The number of amides is 3. The van der Waals surface area contributed by atoms with Crippen molar-refractivity contribution in [1.29, 1.82) is 0 Å². The van der Waals surface area contributed by atoms with E-state index in [2.05, 4.69) is 5.32 Å². The maximum atomic E-state index is 13.0. The average Bonchev–Trinajstić information content (AvgIpc) is 3.05. The molecule has 1 atom stereocenters. The number of carbonyl (C=O) groups excluding carboxylic acids is 3. The standard InChI is InChI=1S/C21H28FN3O3/c1-21(2,3)25-13-15(12-18(25)26)19(27)23-17-8-10-24(11-9-17)20(28)14-4-6-16(22)7-5-14/h4-7,15,17H,8-13H2,1-3H3,(H,23,27). The largest absolute Gasteiger partial charge is 0.353 e. The summed E-state index contributed by atoms with van der Waals surface area (Å²) in [6.07, 6.45) is 1.59. The van der Waals surface area contributed by atoms with Crippen LogP contribution in [0, 0.1) is 11.7 Å². The third kappa shape index (κ3) is 4.51. The van der Waals surface area contributed by atoms with Gasteiger partial charge in [0.2, 0.25) is 11.8 Å². The molecule has 0 bridgehead atoms. The number of carbonyl (C=O) groups is 3. The van der Waals surface area contributed by atoms with Crippen LogP contribution in [0.4, 0.5) is 4.39 Å². The fourth-order valence-corrected chi connectivity index (χ4v) is 3.85. The van der Waals surface area contributed by atoms with Crippen molar-refractivity contribution in [3.63, 3.8) is 0 Å². The monoisotopic (exact) mass is 389 g/mol. The molecular weight excluding hydrogens is 361 g/mol. The van der Waals surface area contributed by atoms with Gasteiger partial charge >= 0.3 is 0 Å². The highest BCUT2D eigenvalue weighted by molar-refractivity contribution is 5.94. The summed E-state index contributed by atoms with van der Waals surface area (Å²) in [5.41, 5.74) is 0.189. The van der Waals surface area contributed by atoms with E-state index >= 15 is 0 Å². The van der Waals surface area contributed by atoms with Gasteiger partial charge in [0.05, 0.1) is 5.92 Å². The normalized spacial score (nSPS) is 21.1. The van der Waals surface area contributed by atoms with Gasteiger partial charge in [-0.05, 0) is 57.9 Å². The third-order valence-electron chi connectivity index (χ3n) is 5.53. The molecule has 2 heterocycles. The van der Waals surface area contributed by atoms with Crippen LogP contribution in [0.2, 0.25) is 0 Å². The zero-order valence-electron chi connectivity index (χ0n) is 16.7. The lowest BCUT2D eigenvalue weighted by Gasteiger charge is -2.33. The van der Waals surface area contributed by atoms with E-state index in [1.54, 1.807) is 9.80 Å². The fraction of sp³-hybridized carbons (Fsp3) is 0.571. The summed E-state index contributed by atoms with van der Waals surface area (Å²) < 4.78 is 13.0. The molecule has 0 aromatic heterocycles. The maximum Gasteiger partial charge on any atom is 0.253 e. The van der Waals surface area contributed by atoms with Gasteiger partial charge in [0.1, 0.15) is 5.82 Å². The van der Waals surface area contributed by atoms with Crippen molar-refractivity contribution in [3.05, 3.63) is 35.6 Å². The average molecular weight is 389 g/mol. The third-order valence-corrected chi connectivity index (χ3v) is 5.53. The van der Waals surface area contributed by atoms with Crippen LogP contribution >= 0.6 is 0 Å². The van der Waals surface area contributed by atoms with Crippen molar-refractivity contribution >= 4 is 17.7 Å². The molecule has 0 radical (unpaired) electrons. The van der Waals surface area contributed by atoms with Crippen LogP contribution < -0.4 is 5.32 Å². The summed E-state index contributed by atoms with van der Waals surface area (Å²) >= 11 is 0. The Labute approximate surface area is 165 Å². The number of nitrogens with one attached hydrogen (secondary N) is 1. The van der Waals surface area contributed by atoms with Crippen LogP contribution in [0.1, 0.15) is 50.4 Å². The predicted molar refractivity (Wildman–Crippen MR) is 103 cm³/mol. The van der Waals surface area contributed by atoms with Gasteiger partial charge in [-0.3, -0.25) is 14.4 Å². The van der Waals surface area contributed by atoms with Crippen LogP contribution in [0.25, 0.3) is 0 Å². The van der Waals surface area contributed by atoms with Gasteiger partial charge in [0.25, 0.3) is 5.91 Å². The van der Waals surface area contributed by atoms with Gasteiger partial charge < -0.3 is 15.1 Å². The molecule has 0 spiro atoms. The Morgan fingerprint density at radius 3 is 2.25 bits per heavy atom. The quantitative estimate of drug-likeness (QED) is 0.862. The van der Waals surface area contributed by atoms with Gasteiger partial charge in [-0.2, -0.15) is 0 Å². The van der Waals surface area contributed by atoms with Crippen LogP contribution in [-0.4, -0.2) is 58.7 Å². The first kappa shape index (κ1) is 20.3. The molecule has 1 unspecified atom stereocenters. The number of rotatable bonds is 3. The molecule has 2 saturated heterocycles. The summed E-state index contributed by atoms with van der Waals surface area (Å²) in [4.78, 5) is 40.8. The minimum Gasteiger partial charge on any atom is -0.353 e. The minimum absolute atomic E-state index is 0.00329. The Morgan fingerprint density at radius 1 is 1.11 bits per heavy atom. The molecular formula is C21H28FN3O3. The second-order valence-corrected chi connectivity index (χ2v) is 8.66. The van der Waals surface area contributed by atoms with Crippen LogP contribution in [0.3, 0.4) is 0 Å². The van der Waals surface area contributed by atoms with E-state index in [-0.39, 0.29) is 47.5 Å². The Morgan fingerprint density at radius 2 is 1.71 bits per heavy atom. The Balaban J connectivity index is 1.49. The van der Waals surface area contributed by atoms with Crippen LogP contribution in [-0.2, 0) is 9.59 Å². The van der Waals surface area contributed by atoms with E-state index in [1.165, 1.54) is 24.3 Å². The second kappa shape index (κ2) is 7.89. The molecule has 1 N–H and O–H groups in total. The molecule has 0 aliphatic carbocycles. The molecule has 6 nitrogen and oxygen atoms in total. The summed E-state index contributed by atoms with van der Waals surface area (Å²) in [6, 6.07) is 5.55. The van der Waals surface area contributed by atoms with Crippen molar-refractivity contribution in [2.75, 3.05) is 19.6 Å². The predicted octanol–water partition coefficient (Wildman–Crippen LogP) is 2.19. The van der Waals surface area contributed by atoms with E-state index in [1.807, 2.05) is 20.8 Å². The van der Waals surface area contributed by atoms with Gasteiger partial charge in [-0.25, -0.2) is 4.39 Å². The molecule has 2 aliphatic heterocycles. The highest BCUT2D eigenvalue weighted by Gasteiger charge is 2.40. The smallest absolute Gasteiger partial charge is 0.253 e. The van der Waals surface area contributed by atoms with Gasteiger partial charge in [-0.1, -0.05) is 0 Å². The van der Waals surface area contributed by atoms with Crippen molar-refractivity contribution < 1.29 is 18.8 Å². The van der Waals surface area contributed by atoms with Gasteiger partial charge in [0, 0.05) is 43.2 Å². The number of hydrogen-bond acceptors (Lipinski definition) is 3. The first-order chi connectivity index (χ1) is 13.1. The minimum atomic E-state index is -0.367. The summed E-state index contributed by atoms with van der Waals surface area (Å²) in [7, 11) is 0. The summed E-state index contributed by atoms with van der Waals surface area (Å²) in [5.74, 6) is -0.859. The zero-order valence-corrected chi connectivity index (χ0v) is 16.7. The molecule has 28 heavy (non-hydrogen) atoms. The number of halogens is 1. The molecule has 0 saturated carbocycles. The molecule has 1 aromatic carbocycles. The van der Waals surface area contributed by atoms with E-state index in [0.717, 1.165) is 0 Å². The number of piperidine rings is 1. The Hall–Kier alpha value is -2.44. The molecule has 7 heteroatoms. The zero-order chi connectivity index (χ0) is 20.5. The number of likely N-dealkylation sites (tertiary alicyclic amines) is 2. The number of benzene rings is 1. The molecule has 1 aromatic rings. The molecule has 3 amide bonds. The molecule has 3 rings (SSSR count). The van der Waals surface area contributed by atoms with Crippen LogP contribution in [0.15, 0.2) is 24.3 Å². The SMILES string of the molecule is CC(C)(C)N1CC(C(=O)NC2CCN(C(=O)c3ccc(F)cc3)CC2)CC1=O. The molecule has 2 aliphatic rings. The highest BCUT2D eigenvalue weighted by Crippen LogP contribution is 2.26. The highest BCUT2D eigenvalue weighted by atomic mass is 19.1.